The molecule has 1 amide bonds. The molecule has 0 radical (unpaired) electrons. The zero-order valence-corrected chi connectivity index (χ0v) is 16.6. The van der Waals surface area contributed by atoms with Crippen LogP contribution < -0.4 is 5.32 Å². The van der Waals surface area contributed by atoms with Crippen molar-refractivity contribution in [3.8, 4) is 0 Å². The first-order valence-corrected chi connectivity index (χ1v) is 9.44. The summed E-state index contributed by atoms with van der Waals surface area (Å²) in [6.07, 6.45) is 0.777. The van der Waals surface area contributed by atoms with Crippen molar-refractivity contribution in [1.29, 1.82) is 0 Å². The molecule has 2 rings (SSSR count). The summed E-state index contributed by atoms with van der Waals surface area (Å²) in [5, 5.41) is 12.7. The van der Waals surface area contributed by atoms with Gasteiger partial charge < -0.3 is 15.2 Å². The molecule has 2 atom stereocenters. The Morgan fingerprint density at radius 1 is 1.12 bits per heavy atom. The van der Waals surface area contributed by atoms with E-state index in [1.165, 1.54) is 11.3 Å². The van der Waals surface area contributed by atoms with Gasteiger partial charge in [-0.3, -0.25) is 9.59 Å². The number of aliphatic carboxylic acids is 1. The van der Waals surface area contributed by atoms with Gasteiger partial charge in [0.25, 0.3) is 0 Å². The Balaban J connectivity index is 2.31. The minimum Gasteiger partial charge on any atom is -0.481 e. The molecule has 1 aliphatic rings. The number of esters is 1. The van der Waals surface area contributed by atoms with E-state index < -0.39 is 23.8 Å². The number of hydrogen-bond donors (Lipinski definition) is 2. The first-order valence-electron chi connectivity index (χ1n) is 8.63. The molecule has 7 heteroatoms. The van der Waals surface area contributed by atoms with Gasteiger partial charge in [-0.25, -0.2) is 4.79 Å². The third kappa shape index (κ3) is 3.98. The first-order chi connectivity index (χ1) is 12.2. The Bertz CT molecular complexity index is 777. The molecule has 0 spiro atoms. The van der Waals surface area contributed by atoms with Crippen molar-refractivity contribution in [2.45, 2.75) is 47.5 Å². The maximum Gasteiger partial charge on any atom is 0.341 e. The fraction of sp³-hybridized carbons (Fsp3) is 0.526. The van der Waals surface area contributed by atoms with Gasteiger partial charge in [0.2, 0.25) is 5.91 Å². The molecular formula is C19H25NO5S. The molecule has 26 heavy (non-hydrogen) atoms. The molecule has 0 aliphatic heterocycles. The van der Waals surface area contributed by atoms with Crippen LogP contribution >= 0.6 is 11.3 Å². The lowest BCUT2D eigenvalue weighted by Gasteiger charge is -2.29. The normalized spacial score (nSPS) is 20.0. The van der Waals surface area contributed by atoms with Crippen LogP contribution in [0.5, 0.6) is 0 Å². The highest BCUT2D eigenvalue weighted by molar-refractivity contribution is 7.16. The van der Waals surface area contributed by atoms with Gasteiger partial charge in [0, 0.05) is 4.88 Å². The van der Waals surface area contributed by atoms with Crippen LogP contribution in [0.1, 0.15) is 54.4 Å². The van der Waals surface area contributed by atoms with E-state index in [0.29, 0.717) is 23.4 Å². The van der Waals surface area contributed by atoms with E-state index in [-0.39, 0.29) is 12.5 Å². The van der Waals surface area contributed by atoms with Gasteiger partial charge >= 0.3 is 11.9 Å². The molecular weight excluding hydrogens is 354 g/mol. The smallest absolute Gasteiger partial charge is 0.341 e. The number of amides is 1. The number of carbonyl (C=O) groups is 3. The van der Waals surface area contributed by atoms with Crippen LogP contribution in [-0.2, 0) is 14.3 Å². The van der Waals surface area contributed by atoms with Crippen LogP contribution in [0, 0.1) is 25.7 Å². The molecule has 1 aliphatic carbocycles. The Morgan fingerprint density at radius 2 is 1.69 bits per heavy atom. The summed E-state index contributed by atoms with van der Waals surface area (Å²) in [5.74, 6) is -3.23. The summed E-state index contributed by atoms with van der Waals surface area (Å²) in [7, 11) is 0. The van der Waals surface area contributed by atoms with E-state index in [1.807, 2.05) is 27.7 Å². The summed E-state index contributed by atoms with van der Waals surface area (Å²) < 4.78 is 5.10. The third-order valence-electron chi connectivity index (χ3n) is 5.02. The number of carbonyl (C=O) groups excluding carboxylic acids is 2. The number of carboxylic acid groups (broad SMARTS) is 1. The van der Waals surface area contributed by atoms with Crippen molar-refractivity contribution < 1.29 is 24.2 Å². The highest BCUT2D eigenvalue weighted by atomic mass is 32.1. The Hall–Kier alpha value is -2.15. The molecule has 0 saturated carbocycles. The second-order valence-electron chi connectivity index (χ2n) is 6.72. The fourth-order valence-electron chi connectivity index (χ4n) is 3.20. The molecule has 0 bridgehead atoms. The minimum atomic E-state index is -0.971. The first kappa shape index (κ1) is 20.2. The highest BCUT2D eigenvalue weighted by Gasteiger charge is 2.38. The second kappa shape index (κ2) is 8.03. The van der Waals surface area contributed by atoms with Crippen molar-refractivity contribution in [3.63, 3.8) is 0 Å². The van der Waals surface area contributed by atoms with Crippen LogP contribution in [0.3, 0.4) is 0 Å². The largest absolute Gasteiger partial charge is 0.481 e. The molecule has 0 aromatic carbocycles. The highest BCUT2D eigenvalue weighted by Crippen LogP contribution is 2.37. The lowest BCUT2D eigenvalue weighted by Crippen LogP contribution is -2.36. The maximum absolute atomic E-state index is 12.8. The summed E-state index contributed by atoms with van der Waals surface area (Å²) in [6, 6.07) is 0. The molecule has 1 heterocycles. The lowest BCUT2D eigenvalue weighted by molar-refractivity contribution is -0.146. The number of rotatable bonds is 5. The van der Waals surface area contributed by atoms with Crippen molar-refractivity contribution in [1.82, 2.24) is 0 Å². The van der Waals surface area contributed by atoms with Crippen LogP contribution in [-0.4, -0.2) is 29.6 Å². The van der Waals surface area contributed by atoms with Crippen molar-refractivity contribution in [2.24, 2.45) is 11.8 Å². The predicted molar refractivity (Wildman–Crippen MR) is 101 cm³/mol. The number of hydrogen-bond acceptors (Lipinski definition) is 5. The topological polar surface area (TPSA) is 92.7 Å². The average Bonchev–Trinajstić information content (AvgIpc) is 2.83. The molecule has 142 valence electrons. The van der Waals surface area contributed by atoms with E-state index in [2.05, 4.69) is 5.32 Å². The average molecular weight is 379 g/mol. The van der Waals surface area contributed by atoms with Crippen molar-refractivity contribution >= 4 is 34.2 Å². The van der Waals surface area contributed by atoms with Crippen molar-refractivity contribution in [2.75, 3.05) is 11.9 Å². The van der Waals surface area contributed by atoms with Crippen molar-refractivity contribution in [3.05, 3.63) is 27.2 Å². The van der Waals surface area contributed by atoms with E-state index in [9.17, 15) is 19.5 Å². The minimum absolute atomic E-state index is 0.244. The molecule has 6 nitrogen and oxygen atoms in total. The quantitative estimate of drug-likeness (QED) is 0.597. The van der Waals surface area contributed by atoms with E-state index in [0.717, 1.165) is 21.6 Å². The molecule has 1 aromatic rings. The second-order valence-corrected chi connectivity index (χ2v) is 7.94. The zero-order chi connectivity index (χ0) is 19.6. The molecule has 0 fully saturated rings. The van der Waals surface area contributed by atoms with Gasteiger partial charge in [0.15, 0.2) is 0 Å². The number of carboxylic acids is 1. The van der Waals surface area contributed by atoms with Crippen LogP contribution in [0.15, 0.2) is 11.1 Å². The molecule has 1 aromatic heterocycles. The van der Waals surface area contributed by atoms with E-state index in [1.54, 1.807) is 6.92 Å². The maximum atomic E-state index is 12.8. The third-order valence-corrected chi connectivity index (χ3v) is 6.14. The number of thiophene rings is 1. The zero-order valence-electron chi connectivity index (χ0n) is 15.8. The van der Waals surface area contributed by atoms with Gasteiger partial charge in [-0.05, 0) is 53.0 Å². The van der Waals surface area contributed by atoms with Crippen LogP contribution in [0.4, 0.5) is 5.00 Å². The van der Waals surface area contributed by atoms with Crippen LogP contribution in [0.2, 0.25) is 0 Å². The monoisotopic (exact) mass is 379 g/mol. The van der Waals surface area contributed by atoms with Gasteiger partial charge in [0.05, 0.1) is 24.0 Å². The van der Waals surface area contributed by atoms with Gasteiger partial charge in [-0.15, -0.1) is 11.3 Å². The summed E-state index contributed by atoms with van der Waals surface area (Å²) in [4.78, 5) is 37.6. The standard InChI is InChI=1S/C19H25NO5S/c1-6-25-19(24)15-11(4)12(5)26-17(15)20-16(21)13-7-9(2)10(3)8-14(13)18(22)23/h13-14H,6-8H2,1-5H3,(H,20,21)(H,22,23). The van der Waals surface area contributed by atoms with E-state index >= 15 is 0 Å². The summed E-state index contributed by atoms with van der Waals surface area (Å²) in [5.41, 5.74) is 3.20. The summed E-state index contributed by atoms with van der Waals surface area (Å²) >= 11 is 1.31. The number of nitrogens with one attached hydrogen (secondary N) is 1. The van der Waals surface area contributed by atoms with Crippen LogP contribution in [0.25, 0.3) is 0 Å². The summed E-state index contributed by atoms with van der Waals surface area (Å²) in [6.45, 7) is 9.48. The molecule has 2 N–H and O–H groups in total. The predicted octanol–water partition coefficient (Wildman–Crippen LogP) is 3.93. The Morgan fingerprint density at radius 3 is 2.23 bits per heavy atom. The number of aryl methyl sites for hydroxylation is 1. The van der Waals surface area contributed by atoms with Gasteiger partial charge in [-0.2, -0.15) is 0 Å². The molecule has 2 unspecified atom stereocenters. The van der Waals surface area contributed by atoms with Gasteiger partial charge in [0.1, 0.15) is 5.00 Å². The SMILES string of the molecule is CCOC(=O)c1c(NC(=O)C2CC(C)=C(C)CC2C(=O)O)sc(C)c1C. The van der Waals surface area contributed by atoms with Gasteiger partial charge in [-0.1, -0.05) is 11.1 Å². The number of anilines is 1. The van der Waals surface area contributed by atoms with E-state index in [4.69, 9.17) is 4.74 Å². The fourth-order valence-corrected chi connectivity index (χ4v) is 4.25. The lowest BCUT2D eigenvalue weighted by atomic mass is 9.76. The molecule has 0 saturated heterocycles. The Labute approximate surface area is 157 Å². The number of ether oxygens (including phenoxy) is 1. The number of allylic oxidation sites excluding steroid dienone is 2. The Kier molecular flexibility index (Phi) is 6.23.